The van der Waals surface area contributed by atoms with Crippen molar-refractivity contribution in [2.45, 2.75) is 39.5 Å². The van der Waals surface area contributed by atoms with Gasteiger partial charge in [0.05, 0.1) is 11.7 Å². The molecule has 0 bridgehead atoms. The number of benzene rings is 1. The van der Waals surface area contributed by atoms with Gasteiger partial charge in [0.1, 0.15) is 0 Å². The van der Waals surface area contributed by atoms with Gasteiger partial charge in [0.15, 0.2) is 5.89 Å². The molecule has 0 aliphatic carbocycles. The predicted molar refractivity (Wildman–Crippen MR) is 81.5 cm³/mol. The Balaban J connectivity index is 2.20. The highest BCUT2D eigenvalue weighted by Crippen LogP contribution is 2.30. The molecule has 0 saturated heterocycles. The molecule has 0 amide bonds. The fourth-order valence-corrected chi connectivity index (χ4v) is 2.51. The van der Waals surface area contributed by atoms with E-state index in [-0.39, 0.29) is 0 Å². The van der Waals surface area contributed by atoms with Gasteiger partial charge in [0.2, 0.25) is 5.88 Å². The molecule has 2 heterocycles. The van der Waals surface area contributed by atoms with Crippen LogP contribution < -0.4 is 0 Å². The normalized spacial score (nSPS) is 11.9. The van der Waals surface area contributed by atoms with Crippen molar-refractivity contribution in [3.8, 4) is 5.88 Å². The second kappa shape index (κ2) is 4.82. The third kappa shape index (κ3) is 2.03. The van der Waals surface area contributed by atoms with E-state index in [1.54, 1.807) is 0 Å². The Labute approximate surface area is 119 Å². The molecule has 0 N–H and O–H groups in total. The second-order valence-corrected chi connectivity index (χ2v) is 5.82. The Kier molecular flexibility index (Phi) is 3.13. The maximum atomic E-state index is 5.88. The van der Waals surface area contributed by atoms with Crippen LogP contribution in [-0.2, 0) is 0 Å². The molecule has 3 rings (SSSR count). The molecule has 3 aromatic rings. The predicted octanol–water partition coefficient (Wildman–Crippen LogP) is 4.87. The minimum absolute atomic E-state index is 0.301. The number of rotatable bonds is 3. The van der Waals surface area contributed by atoms with Crippen molar-refractivity contribution < 1.29 is 4.42 Å². The van der Waals surface area contributed by atoms with Gasteiger partial charge >= 0.3 is 0 Å². The molecule has 1 aromatic carbocycles. The maximum Gasteiger partial charge on any atom is 0.224 e. The molecule has 3 heteroatoms. The van der Waals surface area contributed by atoms with Crippen LogP contribution in [0.4, 0.5) is 0 Å². The quantitative estimate of drug-likeness (QED) is 0.678. The Morgan fingerprint density at radius 1 is 1.05 bits per heavy atom. The van der Waals surface area contributed by atoms with Crippen molar-refractivity contribution in [1.82, 2.24) is 9.55 Å². The molecule has 0 fully saturated rings. The van der Waals surface area contributed by atoms with E-state index in [4.69, 9.17) is 4.42 Å². The molecule has 2 aromatic heterocycles. The smallest absolute Gasteiger partial charge is 0.224 e. The van der Waals surface area contributed by atoms with E-state index in [0.717, 1.165) is 11.8 Å². The first kappa shape index (κ1) is 13.0. The summed E-state index contributed by atoms with van der Waals surface area (Å²) >= 11 is 0. The summed E-state index contributed by atoms with van der Waals surface area (Å²) in [6, 6.07) is 8.43. The highest BCUT2D eigenvalue weighted by molar-refractivity contribution is 5.85. The van der Waals surface area contributed by atoms with Crippen molar-refractivity contribution in [3.05, 3.63) is 48.1 Å². The highest BCUT2D eigenvalue weighted by atomic mass is 16.4. The summed E-state index contributed by atoms with van der Waals surface area (Å²) in [5.74, 6) is 2.35. The number of hydrogen-bond donors (Lipinski definition) is 0. The van der Waals surface area contributed by atoms with Crippen molar-refractivity contribution >= 4 is 10.9 Å². The highest BCUT2D eigenvalue weighted by Gasteiger charge is 2.15. The maximum absolute atomic E-state index is 5.88. The number of para-hydroxylation sites is 1. The van der Waals surface area contributed by atoms with Crippen LogP contribution in [0.15, 0.2) is 41.1 Å². The first-order valence-corrected chi connectivity index (χ1v) is 7.14. The molecule has 0 saturated carbocycles. The third-order valence-electron chi connectivity index (χ3n) is 3.61. The van der Waals surface area contributed by atoms with Crippen molar-refractivity contribution in [1.29, 1.82) is 0 Å². The minimum atomic E-state index is 0.301. The Hall–Kier alpha value is -2.03. The van der Waals surface area contributed by atoms with Crippen LogP contribution in [0, 0.1) is 0 Å². The molecule has 0 spiro atoms. The van der Waals surface area contributed by atoms with E-state index in [0.29, 0.717) is 11.8 Å². The van der Waals surface area contributed by atoms with Gasteiger partial charge in [-0.25, -0.2) is 4.98 Å². The molecule has 3 nitrogen and oxygen atoms in total. The Bertz CT molecular complexity index is 734. The van der Waals surface area contributed by atoms with E-state index in [9.17, 15) is 0 Å². The second-order valence-electron chi connectivity index (χ2n) is 5.82. The Morgan fingerprint density at radius 2 is 1.80 bits per heavy atom. The molecule has 0 atom stereocenters. The number of oxazole rings is 1. The minimum Gasteiger partial charge on any atom is -0.424 e. The summed E-state index contributed by atoms with van der Waals surface area (Å²) in [5, 5.41) is 1.28. The first-order valence-electron chi connectivity index (χ1n) is 7.14. The van der Waals surface area contributed by atoms with Crippen LogP contribution in [0.25, 0.3) is 16.8 Å². The van der Waals surface area contributed by atoms with Crippen LogP contribution in [0.3, 0.4) is 0 Å². The third-order valence-corrected chi connectivity index (χ3v) is 3.61. The van der Waals surface area contributed by atoms with Crippen molar-refractivity contribution in [2.24, 2.45) is 0 Å². The van der Waals surface area contributed by atoms with Gasteiger partial charge in [-0.3, -0.25) is 4.57 Å². The molecule has 0 aliphatic rings. The molecule has 0 aliphatic heterocycles. The standard InChI is InChI=1S/C17H20N2O/c1-11(2)14-10-19(15-8-6-5-7-13(14)15)16-9-18-17(20-16)12(3)4/h5-12H,1-4H3. The molecule has 0 unspecified atom stereocenters. The number of nitrogens with zero attached hydrogens (tertiary/aromatic N) is 2. The monoisotopic (exact) mass is 268 g/mol. The van der Waals surface area contributed by atoms with Crippen LogP contribution >= 0.6 is 0 Å². The molecular formula is C17H20N2O. The van der Waals surface area contributed by atoms with Gasteiger partial charge in [-0.15, -0.1) is 0 Å². The van der Waals surface area contributed by atoms with Gasteiger partial charge < -0.3 is 4.42 Å². The van der Waals surface area contributed by atoms with Crippen LogP contribution in [-0.4, -0.2) is 9.55 Å². The number of aromatic nitrogens is 2. The largest absolute Gasteiger partial charge is 0.424 e. The fourth-order valence-electron chi connectivity index (χ4n) is 2.51. The van der Waals surface area contributed by atoms with E-state index in [1.165, 1.54) is 16.5 Å². The average molecular weight is 268 g/mol. The summed E-state index contributed by atoms with van der Waals surface area (Å²) in [4.78, 5) is 4.37. The lowest BCUT2D eigenvalue weighted by Gasteiger charge is -2.00. The van der Waals surface area contributed by atoms with Gasteiger partial charge in [-0.2, -0.15) is 0 Å². The van der Waals surface area contributed by atoms with E-state index in [2.05, 4.69) is 67.7 Å². The average Bonchev–Trinajstić information content (AvgIpc) is 3.02. The number of hydrogen-bond acceptors (Lipinski definition) is 2. The Morgan fingerprint density at radius 3 is 2.45 bits per heavy atom. The molecule has 104 valence electrons. The van der Waals surface area contributed by atoms with E-state index >= 15 is 0 Å². The summed E-state index contributed by atoms with van der Waals surface area (Å²) in [6.45, 7) is 8.60. The zero-order valence-corrected chi connectivity index (χ0v) is 12.4. The molecule has 0 radical (unpaired) electrons. The van der Waals surface area contributed by atoms with E-state index < -0.39 is 0 Å². The lowest BCUT2D eigenvalue weighted by molar-refractivity contribution is 0.458. The lowest BCUT2D eigenvalue weighted by Crippen LogP contribution is -1.89. The fraction of sp³-hybridized carbons (Fsp3) is 0.353. The molecule has 20 heavy (non-hydrogen) atoms. The van der Waals surface area contributed by atoms with Gasteiger partial charge in [-0.05, 0) is 17.5 Å². The summed E-state index contributed by atoms with van der Waals surface area (Å²) in [5.41, 5.74) is 2.51. The first-order chi connectivity index (χ1) is 9.58. The van der Waals surface area contributed by atoms with Crippen molar-refractivity contribution in [2.75, 3.05) is 0 Å². The summed E-state index contributed by atoms with van der Waals surface area (Å²) < 4.78 is 7.98. The summed E-state index contributed by atoms with van der Waals surface area (Å²) in [7, 11) is 0. The number of fused-ring (bicyclic) bond motifs is 1. The van der Waals surface area contributed by atoms with Crippen LogP contribution in [0.5, 0.6) is 0 Å². The van der Waals surface area contributed by atoms with Crippen molar-refractivity contribution in [3.63, 3.8) is 0 Å². The summed E-state index contributed by atoms with van der Waals surface area (Å²) in [6.07, 6.45) is 3.98. The zero-order valence-electron chi connectivity index (χ0n) is 12.4. The zero-order chi connectivity index (χ0) is 14.3. The van der Waals surface area contributed by atoms with Crippen LogP contribution in [0.2, 0.25) is 0 Å². The SMILES string of the molecule is CC(C)c1ncc(-n2cc(C(C)C)c3ccccc32)o1. The van der Waals surface area contributed by atoms with E-state index in [1.807, 2.05) is 6.20 Å². The van der Waals surface area contributed by atoms with Gasteiger partial charge in [0, 0.05) is 17.5 Å². The van der Waals surface area contributed by atoms with Crippen LogP contribution in [0.1, 0.15) is 51.0 Å². The van der Waals surface area contributed by atoms with Gasteiger partial charge in [0.25, 0.3) is 0 Å². The molecular weight excluding hydrogens is 248 g/mol. The topological polar surface area (TPSA) is 31.0 Å². The van der Waals surface area contributed by atoms with Gasteiger partial charge in [-0.1, -0.05) is 45.9 Å². The lowest BCUT2D eigenvalue weighted by atomic mass is 10.0.